The highest BCUT2D eigenvalue weighted by molar-refractivity contribution is 9.11. The van der Waals surface area contributed by atoms with Gasteiger partial charge in [-0.3, -0.25) is 4.79 Å². The molecule has 5 nitrogen and oxygen atoms in total. The van der Waals surface area contributed by atoms with Gasteiger partial charge in [0, 0.05) is 23.6 Å². The highest BCUT2D eigenvalue weighted by Gasteiger charge is 2.39. The number of halogens is 1. The summed E-state index contributed by atoms with van der Waals surface area (Å²) < 4.78 is 1.08. The Hall–Kier alpha value is -0.830. The predicted octanol–water partition coefficient (Wildman–Crippen LogP) is 3.40. The number of carbonyl (C=O) groups is 1. The number of allylic oxidation sites excluding steroid dienone is 2. The molecule has 1 heterocycles. The number of aliphatic hydroxyl groups is 4. The van der Waals surface area contributed by atoms with E-state index in [2.05, 4.69) is 15.9 Å². The molecule has 1 fully saturated rings. The van der Waals surface area contributed by atoms with Gasteiger partial charge in [-0.05, 0) is 66.1 Å². The number of thiophene rings is 1. The maximum Gasteiger partial charge on any atom is 0.158 e. The smallest absolute Gasteiger partial charge is 0.158 e. The molecule has 0 aromatic carbocycles. The number of Topliss-reactive ketones (excluding diaryl/α,β-unsaturated/α-hetero) is 1. The molecular weight excluding hydrogens is 456 g/mol. The number of ketones is 1. The molecule has 1 aromatic rings. The van der Waals surface area contributed by atoms with E-state index in [9.17, 15) is 20.1 Å². The number of unbranched alkanes of at least 4 members (excludes halogenated alkanes) is 1. The first-order valence-corrected chi connectivity index (χ1v) is 11.8. The molecule has 0 radical (unpaired) electrons. The van der Waals surface area contributed by atoms with Crippen LogP contribution in [0, 0.1) is 11.8 Å². The van der Waals surface area contributed by atoms with E-state index in [1.54, 1.807) is 17.4 Å². The van der Waals surface area contributed by atoms with Crippen LogP contribution in [0.3, 0.4) is 0 Å². The second kappa shape index (κ2) is 12.8. The summed E-state index contributed by atoms with van der Waals surface area (Å²) in [5, 5.41) is 39.6. The number of aryl methyl sites for hydroxylation is 1. The topological polar surface area (TPSA) is 98.0 Å². The SMILES string of the molecule is O=C(CO)CCC/C=C\C[C@@H]1[C@@H](/C=C/[C@H](O)CCc2ccc(Br)s2)[C@H](O)C[C@@H]1O. The fraction of sp³-hybridized carbons (Fsp3) is 0.591. The lowest BCUT2D eigenvalue weighted by Gasteiger charge is -2.19. The van der Waals surface area contributed by atoms with Crippen LogP contribution in [0.1, 0.15) is 43.4 Å². The molecular formula is C22H31BrO5S. The largest absolute Gasteiger partial charge is 0.393 e. The first-order valence-electron chi connectivity index (χ1n) is 10.1. The van der Waals surface area contributed by atoms with Crippen LogP contribution in [0.25, 0.3) is 0 Å². The minimum atomic E-state index is -0.609. The molecule has 1 aliphatic rings. The molecule has 0 amide bonds. The van der Waals surface area contributed by atoms with Crippen molar-refractivity contribution in [1.29, 1.82) is 0 Å². The van der Waals surface area contributed by atoms with Gasteiger partial charge in [0.25, 0.3) is 0 Å². The summed E-state index contributed by atoms with van der Waals surface area (Å²) in [6.45, 7) is -0.402. The summed E-state index contributed by atoms with van der Waals surface area (Å²) in [7, 11) is 0. The van der Waals surface area contributed by atoms with Gasteiger partial charge in [-0.2, -0.15) is 0 Å². The van der Waals surface area contributed by atoms with Crippen molar-refractivity contribution < 1.29 is 25.2 Å². The summed E-state index contributed by atoms with van der Waals surface area (Å²) in [4.78, 5) is 12.3. The van der Waals surface area contributed by atoms with Crippen molar-refractivity contribution in [3.8, 4) is 0 Å². The number of aliphatic hydroxyl groups excluding tert-OH is 4. The van der Waals surface area contributed by atoms with Gasteiger partial charge in [-0.15, -0.1) is 11.3 Å². The molecule has 0 unspecified atom stereocenters. The third-order valence-electron chi connectivity index (χ3n) is 5.36. The third-order valence-corrected chi connectivity index (χ3v) is 7.05. The molecule has 5 atom stereocenters. The lowest BCUT2D eigenvalue weighted by atomic mass is 9.89. The Kier molecular flexibility index (Phi) is 10.8. The zero-order valence-corrected chi connectivity index (χ0v) is 18.9. The van der Waals surface area contributed by atoms with Crippen molar-refractivity contribution in [1.82, 2.24) is 0 Å². The zero-order chi connectivity index (χ0) is 21.2. The number of rotatable bonds is 12. The van der Waals surface area contributed by atoms with E-state index >= 15 is 0 Å². The van der Waals surface area contributed by atoms with Gasteiger partial charge in [0.2, 0.25) is 0 Å². The molecule has 1 saturated carbocycles. The fourth-order valence-corrected chi connectivity index (χ4v) is 5.20. The van der Waals surface area contributed by atoms with Crippen LogP contribution in [0.5, 0.6) is 0 Å². The summed E-state index contributed by atoms with van der Waals surface area (Å²) >= 11 is 5.10. The quantitative estimate of drug-likeness (QED) is 0.268. The van der Waals surface area contributed by atoms with Crippen LogP contribution in [-0.4, -0.2) is 51.1 Å². The third kappa shape index (κ3) is 8.44. The molecule has 2 rings (SSSR count). The normalized spacial score (nSPS) is 26.0. The van der Waals surface area contributed by atoms with Crippen LogP contribution in [0.2, 0.25) is 0 Å². The molecule has 1 aromatic heterocycles. The van der Waals surface area contributed by atoms with Crippen molar-refractivity contribution in [3.63, 3.8) is 0 Å². The van der Waals surface area contributed by atoms with Crippen LogP contribution in [0.4, 0.5) is 0 Å². The average Bonchev–Trinajstić information content (AvgIpc) is 3.23. The van der Waals surface area contributed by atoms with E-state index in [0.717, 1.165) is 16.6 Å². The fourth-order valence-electron chi connectivity index (χ4n) is 3.70. The summed E-state index contributed by atoms with van der Waals surface area (Å²) in [5.74, 6) is -0.420. The van der Waals surface area contributed by atoms with Crippen LogP contribution in [-0.2, 0) is 11.2 Å². The van der Waals surface area contributed by atoms with Gasteiger partial charge in [-0.25, -0.2) is 0 Å². The van der Waals surface area contributed by atoms with E-state index in [-0.39, 0.29) is 17.6 Å². The van der Waals surface area contributed by atoms with E-state index in [0.29, 0.717) is 32.1 Å². The van der Waals surface area contributed by atoms with Gasteiger partial charge in [-0.1, -0.05) is 24.3 Å². The maximum atomic E-state index is 11.1. The first-order chi connectivity index (χ1) is 13.9. The Bertz CT molecular complexity index is 686. The molecule has 7 heteroatoms. The Morgan fingerprint density at radius 2 is 2.07 bits per heavy atom. The predicted molar refractivity (Wildman–Crippen MR) is 119 cm³/mol. The summed E-state index contributed by atoms with van der Waals surface area (Å²) in [6, 6.07) is 4.05. The molecule has 0 spiro atoms. The van der Waals surface area contributed by atoms with Gasteiger partial charge in [0.05, 0.1) is 22.1 Å². The first kappa shape index (κ1) is 24.4. The van der Waals surface area contributed by atoms with Crippen molar-refractivity contribution in [2.45, 2.75) is 63.3 Å². The molecule has 0 aliphatic heterocycles. The van der Waals surface area contributed by atoms with Gasteiger partial charge in [0.15, 0.2) is 5.78 Å². The van der Waals surface area contributed by atoms with Crippen LogP contribution in [0.15, 0.2) is 40.2 Å². The lowest BCUT2D eigenvalue weighted by molar-refractivity contribution is -0.121. The summed E-state index contributed by atoms with van der Waals surface area (Å²) in [5.41, 5.74) is 0. The van der Waals surface area contributed by atoms with E-state index in [4.69, 9.17) is 5.11 Å². The number of hydrogen-bond donors (Lipinski definition) is 4. The van der Waals surface area contributed by atoms with Crippen LogP contribution >= 0.6 is 27.3 Å². The lowest BCUT2D eigenvalue weighted by Crippen LogP contribution is -2.20. The van der Waals surface area contributed by atoms with Gasteiger partial charge >= 0.3 is 0 Å². The number of hydrogen-bond acceptors (Lipinski definition) is 6. The molecule has 0 bridgehead atoms. The highest BCUT2D eigenvalue weighted by Crippen LogP contribution is 2.36. The maximum absolute atomic E-state index is 11.1. The van der Waals surface area contributed by atoms with Crippen molar-refractivity contribution in [2.75, 3.05) is 6.61 Å². The summed E-state index contributed by atoms with van der Waals surface area (Å²) in [6.07, 6.45) is 10.0. The van der Waals surface area contributed by atoms with Gasteiger partial charge in [0.1, 0.15) is 6.61 Å². The molecule has 4 N–H and O–H groups in total. The molecule has 162 valence electrons. The van der Waals surface area contributed by atoms with Gasteiger partial charge < -0.3 is 20.4 Å². The second-order valence-corrected chi connectivity index (χ2v) is 10.2. The second-order valence-electron chi connectivity index (χ2n) is 7.60. The minimum absolute atomic E-state index is 0.0861. The van der Waals surface area contributed by atoms with E-state index < -0.39 is 24.9 Å². The van der Waals surface area contributed by atoms with Crippen molar-refractivity contribution >= 4 is 33.0 Å². The molecule has 1 aliphatic carbocycles. The zero-order valence-electron chi connectivity index (χ0n) is 16.5. The molecule has 0 saturated heterocycles. The Balaban J connectivity index is 1.80. The number of carbonyl (C=O) groups excluding carboxylic acids is 1. The minimum Gasteiger partial charge on any atom is -0.393 e. The Morgan fingerprint density at radius 1 is 1.28 bits per heavy atom. The standard InChI is InChI=1S/C22H31BrO5S/c23-22-12-10-17(29-22)9-7-15(25)8-11-19-18(20(27)13-21(19)28)6-4-2-1-3-5-16(26)14-24/h2,4,8,10-12,15,18-21,24-25,27-28H,1,3,5-7,9,13-14H2/b4-2-,11-8+/t15-,18-,19-,20+,21-/m1/s1. The van der Waals surface area contributed by atoms with Crippen molar-refractivity contribution in [3.05, 3.63) is 45.1 Å². The van der Waals surface area contributed by atoms with Crippen LogP contribution < -0.4 is 0 Å². The highest BCUT2D eigenvalue weighted by atomic mass is 79.9. The Labute approximate surface area is 184 Å². The van der Waals surface area contributed by atoms with E-state index in [1.807, 2.05) is 30.4 Å². The van der Waals surface area contributed by atoms with Crippen molar-refractivity contribution in [2.24, 2.45) is 11.8 Å². The molecule has 29 heavy (non-hydrogen) atoms. The monoisotopic (exact) mass is 486 g/mol. The average molecular weight is 487 g/mol. The van der Waals surface area contributed by atoms with E-state index in [1.165, 1.54) is 4.88 Å². The Morgan fingerprint density at radius 3 is 2.76 bits per heavy atom.